The van der Waals surface area contributed by atoms with Gasteiger partial charge in [-0.3, -0.25) is 4.90 Å². The Bertz CT molecular complexity index is 540. The maximum Gasteiger partial charge on any atom is 0.123 e. The van der Waals surface area contributed by atoms with Crippen molar-refractivity contribution in [1.82, 2.24) is 4.90 Å². The molecule has 112 valence electrons. The van der Waals surface area contributed by atoms with E-state index >= 15 is 0 Å². The first-order chi connectivity index (χ1) is 10.3. The lowest BCUT2D eigenvalue weighted by Gasteiger charge is -2.23. The van der Waals surface area contributed by atoms with E-state index in [0.29, 0.717) is 12.6 Å². The fourth-order valence-corrected chi connectivity index (χ4v) is 3.78. The Morgan fingerprint density at radius 1 is 1.24 bits per heavy atom. The van der Waals surface area contributed by atoms with Crippen LogP contribution in [0.3, 0.4) is 0 Å². The van der Waals surface area contributed by atoms with Gasteiger partial charge in [0.25, 0.3) is 0 Å². The molecular weight excluding hydrogens is 285 g/mol. The van der Waals surface area contributed by atoms with Gasteiger partial charge < -0.3 is 4.74 Å². The second-order valence-electron chi connectivity index (χ2n) is 5.37. The SMILES string of the molecule is Fc1ccc(OCCCN2CCCC2c2cccs2)cc1. The van der Waals surface area contributed by atoms with Crippen LogP contribution in [-0.2, 0) is 0 Å². The molecule has 0 amide bonds. The molecule has 1 aliphatic rings. The molecule has 0 spiro atoms. The molecule has 1 aliphatic heterocycles. The van der Waals surface area contributed by atoms with Crippen molar-refractivity contribution < 1.29 is 9.13 Å². The predicted octanol–water partition coefficient (Wildman–Crippen LogP) is 4.49. The molecule has 1 atom stereocenters. The molecule has 2 nitrogen and oxygen atoms in total. The van der Waals surface area contributed by atoms with Gasteiger partial charge in [0.05, 0.1) is 6.61 Å². The van der Waals surface area contributed by atoms with Gasteiger partial charge in [-0.1, -0.05) is 6.07 Å². The van der Waals surface area contributed by atoms with Gasteiger partial charge in [-0.15, -0.1) is 11.3 Å². The number of hydrogen-bond donors (Lipinski definition) is 0. The Labute approximate surface area is 129 Å². The molecule has 1 aromatic heterocycles. The molecule has 0 radical (unpaired) electrons. The van der Waals surface area contributed by atoms with E-state index in [0.717, 1.165) is 18.7 Å². The van der Waals surface area contributed by atoms with Crippen LogP contribution in [0.1, 0.15) is 30.2 Å². The zero-order valence-corrected chi connectivity index (χ0v) is 12.8. The zero-order valence-electron chi connectivity index (χ0n) is 12.0. The topological polar surface area (TPSA) is 12.5 Å². The fraction of sp³-hybridized carbons (Fsp3) is 0.412. The Kier molecular flexibility index (Phi) is 4.88. The summed E-state index contributed by atoms with van der Waals surface area (Å²) in [6, 6.07) is 11.2. The average Bonchev–Trinajstić information content (AvgIpc) is 3.16. The molecule has 0 aliphatic carbocycles. The van der Waals surface area contributed by atoms with Crippen LogP contribution in [0.25, 0.3) is 0 Å². The van der Waals surface area contributed by atoms with E-state index in [1.165, 1.54) is 36.4 Å². The number of benzene rings is 1. The number of ether oxygens (including phenoxy) is 1. The molecule has 1 fully saturated rings. The number of thiophene rings is 1. The van der Waals surface area contributed by atoms with E-state index in [2.05, 4.69) is 22.4 Å². The van der Waals surface area contributed by atoms with E-state index in [9.17, 15) is 4.39 Å². The van der Waals surface area contributed by atoms with Gasteiger partial charge in [0.15, 0.2) is 0 Å². The van der Waals surface area contributed by atoms with Gasteiger partial charge in [-0.05, 0) is 61.5 Å². The summed E-state index contributed by atoms with van der Waals surface area (Å²) in [4.78, 5) is 4.03. The molecule has 1 unspecified atom stereocenters. The summed E-state index contributed by atoms with van der Waals surface area (Å²) in [5.74, 6) is 0.519. The van der Waals surface area contributed by atoms with Crippen molar-refractivity contribution in [1.29, 1.82) is 0 Å². The molecule has 0 N–H and O–H groups in total. The lowest BCUT2D eigenvalue weighted by atomic mass is 10.2. The second kappa shape index (κ2) is 7.05. The normalized spacial score (nSPS) is 19.0. The number of nitrogens with zero attached hydrogens (tertiary/aromatic N) is 1. The highest BCUT2D eigenvalue weighted by Gasteiger charge is 2.25. The minimum Gasteiger partial charge on any atom is -0.494 e. The third kappa shape index (κ3) is 3.83. The van der Waals surface area contributed by atoms with Crippen LogP contribution in [0, 0.1) is 5.82 Å². The van der Waals surface area contributed by atoms with Crippen molar-refractivity contribution in [3.05, 3.63) is 52.5 Å². The maximum absolute atomic E-state index is 12.8. The van der Waals surface area contributed by atoms with Crippen LogP contribution in [0.15, 0.2) is 41.8 Å². The van der Waals surface area contributed by atoms with Crippen LogP contribution >= 0.6 is 11.3 Å². The van der Waals surface area contributed by atoms with Crippen LogP contribution in [0.4, 0.5) is 4.39 Å². The molecule has 2 heterocycles. The highest BCUT2D eigenvalue weighted by atomic mass is 32.1. The Morgan fingerprint density at radius 3 is 2.86 bits per heavy atom. The lowest BCUT2D eigenvalue weighted by Crippen LogP contribution is -2.25. The molecule has 1 saturated heterocycles. The van der Waals surface area contributed by atoms with Crippen molar-refractivity contribution in [3.8, 4) is 5.75 Å². The van der Waals surface area contributed by atoms with Gasteiger partial charge in [-0.25, -0.2) is 4.39 Å². The summed E-state index contributed by atoms with van der Waals surface area (Å²) in [6.07, 6.45) is 3.54. The van der Waals surface area contributed by atoms with E-state index in [-0.39, 0.29) is 5.82 Å². The average molecular weight is 305 g/mol. The Balaban J connectivity index is 1.43. The number of rotatable bonds is 6. The quantitative estimate of drug-likeness (QED) is 0.729. The second-order valence-corrected chi connectivity index (χ2v) is 6.34. The van der Waals surface area contributed by atoms with Crippen molar-refractivity contribution in [2.24, 2.45) is 0 Å². The Morgan fingerprint density at radius 2 is 2.10 bits per heavy atom. The molecule has 0 saturated carbocycles. The molecule has 4 heteroatoms. The minimum atomic E-state index is -0.224. The molecular formula is C17H20FNOS. The summed E-state index contributed by atoms with van der Waals surface area (Å²) >= 11 is 1.85. The van der Waals surface area contributed by atoms with Crippen LogP contribution in [0.5, 0.6) is 5.75 Å². The van der Waals surface area contributed by atoms with Gasteiger partial charge in [-0.2, -0.15) is 0 Å². The van der Waals surface area contributed by atoms with Gasteiger partial charge in [0.1, 0.15) is 11.6 Å². The number of halogens is 1. The lowest BCUT2D eigenvalue weighted by molar-refractivity contribution is 0.224. The summed E-state index contributed by atoms with van der Waals surface area (Å²) in [5, 5.41) is 2.16. The molecule has 21 heavy (non-hydrogen) atoms. The van der Waals surface area contributed by atoms with Crippen LogP contribution in [-0.4, -0.2) is 24.6 Å². The van der Waals surface area contributed by atoms with Crippen LogP contribution < -0.4 is 4.74 Å². The number of likely N-dealkylation sites (tertiary alicyclic amines) is 1. The first-order valence-electron chi connectivity index (χ1n) is 7.49. The maximum atomic E-state index is 12.8. The van der Waals surface area contributed by atoms with Crippen LogP contribution in [0.2, 0.25) is 0 Å². The minimum absolute atomic E-state index is 0.224. The third-order valence-corrected chi connectivity index (χ3v) is 4.88. The van der Waals surface area contributed by atoms with Crippen molar-refractivity contribution in [3.63, 3.8) is 0 Å². The standard InChI is InChI=1S/C17H20FNOS/c18-14-6-8-15(9-7-14)20-12-3-11-19-10-1-4-16(19)17-5-2-13-21-17/h2,5-9,13,16H,1,3-4,10-12H2. The van der Waals surface area contributed by atoms with Crippen molar-refractivity contribution in [2.75, 3.05) is 19.7 Å². The molecule has 2 aromatic rings. The molecule has 0 bridgehead atoms. The highest BCUT2D eigenvalue weighted by molar-refractivity contribution is 7.10. The van der Waals surface area contributed by atoms with E-state index in [1.807, 2.05) is 11.3 Å². The predicted molar refractivity (Wildman–Crippen MR) is 84.4 cm³/mol. The van der Waals surface area contributed by atoms with Gasteiger partial charge in [0.2, 0.25) is 0 Å². The number of hydrogen-bond acceptors (Lipinski definition) is 3. The van der Waals surface area contributed by atoms with E-state index in [1.54, 1.807) is 12.1 Å². The van der Waals surface area contributed by atoms with Crippen molar-refractivity contribution >= 4 is 11.3 Å². The van der Waals surface area contributed by atoms with Gasteiger partial charge >= 0.3 is 0 Å². The summed E-state index contributed by atoms with van der Waals surface area (Å²) in [7, 11) is 0. The molecule has 1 aromatic carbocycles. The van der Waals surface area contributed by atoms with E-state index in [4.69, 9.17) is 4.74 Å². The van der Waals surface area contributed by atoms with E-state index < -0.39 is 0 Å². The first kappa shape index (κ1) is 14.5. The molecule has 3 rings (SSSR count). The monoisotopic (exact) mass is 305 g/mol. The smallest absolute Gasteiger partial charge is 0.123 e. The fourth-order valence-electron chi connectivity index (χ4n) is 2.89. The first-order valence-corrected chi connectivity index (χ1v) is 8.37. The zero-order chi connectivity index (χ0) is 14.5. The third-order valence-electron chi connectivity index (χ3n) is 3.91. The highest BCUT2D eigenvalue weighted by Crippen LogP contribution is 2.34. The summed E-state index contributed by atoms with van der Waals surface area (Å²) in [6.45, 7) is 2.92. The summed E-state index contributed by atoms with van der Waals surface area (Å²) in [5.41, 5.74) is 0. The van der Waals surface area contributed by atoms with Crippen molar-refractivity contribution in [2.45, 2.75) is 25.3 Å². The van der Waals surface area contributed by atoms with Gasteiger partial charge in [0, 0.05) is 17.5 Å². The largest absolute Gasteiger partial charge is 0.494 e. The summed E-state index contributed by atoms with van der Waals surface area (Å²) < 4.78 is 18.5. The Hall–Kier alpha value is -1.39.